The minimum atomic E-state index is -0.502. The molecular weight excluding hydrogens is 556 g/mol. The van der Waals surface area contributed by atoms with E-state index in [4.69, 9.17) is 10.5 Å². The van der Waals surface area contributed by atoms with E-state index in [0.717, 1.165) is 76.0 Å². The first kappa shape index (κ1) is 37.9. The molecule has 0 aromatic carbocycles. The van der Waals surface area contributed by atoms with Crippen molar-refractivity contribution in [2.75, 3.05) is 50.2 Å². The summed E-state index contributed by atoms with van der Waals surface area (Å²) in [5.74, 6) is 2.47. The zero-order chi connectivity index (χ0) is 30.6. The SMILES string of the molecule is CSCCCNC(=O)CC1(CN)CCCCC1.CSCCCNC(=O)CC1(CNC(=O)OC(C)(C)C)CCCCC1. The minimum absolute atomic E-state index is 0.0990. The first-order valence-corrected chi connectivity index (χ1v) is 18.5. The van der Waals surface area contributed by atoms with Crippen LogP contribution in [0.3, 0.4) is 0 Å². The third-order valence-electron chi connectivity index (χ3n) is 8.03. The van der Waals surface area contributed by atoms with Crippen molar-refractivity contribution in [3.63, 3.8) is 0 Å². The van der Waals surface area contributed by atoms with Gasteiger partial charge >= 0.3 is 6.09 Å². The smallest absolute Gasteiger partial charge is 0.407 e. The van der Waals surface area contributed by atoms with Gasteiger partial charge in [0.2, 0.25) is 11.8 Å². The van der Waals surface area contributed by atoms with Gasteiger partial charge in [0.05, 0.1) is 0 Å². The van der Waals surface area contributed by atoms with Crippen molar-refractivity contribution in [3.8, 4) is 0 Å². The Bertz CT molecular complexity index is 749. The first-order valence-electron chi connectivity index (χ1n) is 15.7. The van der Waals surface area contributed by atoms with E-state index in [1.807, 2.05) is 32.5 Å². The van der Waals surface area contributed by atoms with Crippen molar-refractivity contribution in [1.82, 2.24) is 16.0 Å². The van der Waals surface area contributed by atoms with Crippen molar-refractivity contribution in [2.45, 2.75) is 116 Å². The van der Waals surface area contributed by atoms with Crippen LogP contribution in [-0.4, -0.2) is 73.7 Å². The molecule has 41 heavy (non-hydrogen) atoms. The average Bonchev–Trinajstić information content (AvgIpc) is 2.93. The van der Waals surface area contributed by atoms with Crippen LogP contribution in [0, 0.1) is 10.8 Å². The maximum atomic E-state index is 12.3. The Morgan fingerprint density at radius 2 is 1.17 bits per heavy atom. The lowest BCUT2D eigenvalue weighted by atomic mass is 9.71. The summed E-state index contributed by atoms with van der Waals surface area (Å²) in [6.45, 7) is 8.27. The molecule has 0 aromatic heterocycles. The minimum Gasteiger partial charge on any atom is -0.444 e. The number of thioether (sulfide) groups is 2. The monoisotopic (exact) mass is 616 g/mol. The second-order valence-electron chi connectivity index (χ2n) is 12.9. The van der Waals surface area contributed by atoms with Crippen LogP contribution in [0.15, 0.2) is 0 Å². The van der Waals surface area contributed by atoms with Crippen LogP contribution in [0.1, 0.15) is 111 Å². The zero-order valence-electron chi connectivity index (χ0n) is 26.7. The van der Waals surface area contributed by atoms with Gasteiger partial charge in [-0.25, -0.2) is 4.79 Å². The Balaban J connectivity index is 0.000000435. The summed E-state index contributed by atoms with van der Waals surface area (Å²) < 4.78 is 5.32. The van der Waals surface area contributed by atoms with Crippen LogP contribution >= 0.6 is 23.5 Å². The molecule has 0 heterocycles. The van der Waals surface area contributed by atoms with Crippen LogP contribution in [0.25, 0.3) is 0 Å². The summed E-state index contributed by atoms with van der Waals surface area (Å²) in [7, 11) is 0. The standard InChI is InChI=1S/C18H34N2O3S.C13H26N2OS/c1-17(2,3)23-16(22)20-14-18(9-6-5-7-10-18)13-15(21)19-11-8-12-24-4;1-17-9-5-8-15-12(16)10-13(11-14)6-3-2-4-7-13/h5-14H2,1-4H3,(H,19,21)(H,20,22);2-11,14H2,1H3,(H,15,16). The second kappa shape index (κ2) is 20.7. The van der Waals surface area contributed by atoms with Gasteiger partial charge in [-0.05, 0) is 101 Å². The fraction of sp³-hybridized carbons (Fsp3) is 0.903. The summed E-state index contributed by atoms with van der Waals surface area (Å²) in [6.07, 6.45) is 18.4. The average molecular weight is 617 g/mol. The van der Waals surface area contributed by atoms with Crippen molar-refractivity contribution in [3.05, 3.63) is 0 Å². The highest BCUT2D eigenvalue weighted by atomic mass is 32.2. The maximum Gasteiger partial charge on any atom is 0.407 e. The van der Waals surface area contributed by atoms with Gasteiger partial charge in [0, 0.05) is 32.5 Å². The number of carbonyl (C=O) groups excluding carboxylic acids is 3. The highest BCUT2D eigenvalue weighted by Crippen LogP contribution is 2.39. The van der Waals surface area contributed by atoms with Crippen LogP contribution in [0.5, 0.6) is 0 Å². The molecule has 0 saturated heterocycles. The van der Waals surface area contributed by atoms with Crippen molar-refractivity contribution in [2.24, 2.45) is 16.6 Å². The number of nitrogens with one attached hydrogen (secondary N) is 3. The molecule has 8 nitrogen and oxygen atoms in total. The van der Waals surface area contributed by atoms with Gasteiger partial charge in [-0.15, -0.1) is 0 Å². The van der Waals surface area contributed by atoms with Crippen LogP contribution < -0.4 is 21.7 Å². The highest BCUT2D eigenvalue weighted by molar-refractivity contribution is 7.98. The maximum absolute atomic E-state index is 12.3. The molecule has 0 atom stereocenters. The fourth-order valence-electron chi connectivity index (χ4n) is 5.74. The number of ether oxygens (including phenoxy) is 1. The summed E-state index contributed by atoms with van der Waals surface area (Å²) >= 11 is 3.61. The molecule has 0 aromatic rings. The molecule has 2 aliphatic rings. The van der Waals surface area contributed by atoms with E-state index in [1.54, 1.807) is 11.8 Å². The molecule has 3 amide bonds. The lowest BCUT2D eigenvalue weighted by Crippen LogP contribution is -2.44. The number of rotatable bonds is 15. The van der Waals surface area contributed by atoms with Crippen LogP contribution in [0.2, 0.25) is 0 Å². The predicted octanol–water partition coefficient (Wildman–Crippen LogP) is 5.88. The highest BCUT2D eigenvalue weighted by Gasteiger charge is 2.35. The molecule has 2 rings (SSSR count). The molecule has 0 radical (unpaired) electrons. The summed E-state index contributed by atoms with van der Waals surface area (Å²) in [4.78, 5) is 36.1. The van der Waals surface area contributed by atoms with Gasteiger partial charge in [0.25, 0.3) is 0 Å². The molecule has 5 N–H and O–H groups in total. The first-order chi connectivity index (χ1) is 19.5. The third kappa shape index (κ3) is 17.6. The molecular formula is C31H60N4O4S2. The normalized spacial score (nSPS) is 17.9. The van der Waals surface area contributed by atoms with Crippen molar-refractivity contribution in [1.29, 1.82) is 0 Å². The van der Waals surface area contributed by atoms with Crippen molar-refractivity contribution < 1.29 is 19.1 Å². The molecule has 0 aliphatic heterocycles. The zero-order valence-corrected chi connectivity index (χ0v) is 28.3. The molecule has 2 saturated carbocycles. The number of carbonyl (C=O) groups is 3. The Morgan fingerprint density at radius 3 is 1.59 bits per heavy atom. The Labute approximate surface area is 259 Å². The lowest BCUT2D eigenvalue weighted by Gasteiger charge is -2.37. The second-order valence-corrected chi connectivity index (χ2v) is 14.9. The van der Waals surface area contributed by atoms with Crippen LogP contribution in [-0.2, 0) is 14.3 Å². The van der Waals surface area contributed by atoms with E-state index in [9.17, 15) is 14.4 Å². The Hall–Kier alpha value is -1.13. The van der Waals surface area contributed by atoms with Gasteiger partial charge in [0.1, 0.15) is 5.60 Å². The predicted molar refractivity (Wildman–Crippen MR) is 176 cm³/mol. The van der Waals surface area contributed by atoms with Crippen molar-refractivity contribution >= 4 is 41.4 Å². The van der Waals surface area contributed by atoms with Gasteiger partial charge in [-0.1, -0.05) is 38.5 Å². The number of hydrogen-bond donors (Lipinski definition) is 4. The summed E-state index contributed by atoms with van der Waals surface area (Å²) in [5.41, 5.74) is 5.35. The van der Waals surface area contributed by atoms with E-state index in [-0.39, 0.29) is 22.6 Å². The molecule has 240 valence electrons. The topological polar surface area (TPSA) is 123 Å². The summed E-state index contributed by atoms with van der Waals surface area (Å²) in [5, 5.41) is 8.92. The largest absolute Gasteiger partial charge is 0.444 e. The van der Waals surface area contributed by atoms with E-state index in [1.165, 1.54) is 25.7 Å². The number of amides is 3. The van der Waals surface area contributed by atoms with E-state index < -0.39 is 11.7 Å². The molecule has 0 unspecified atom stereocenters. The van der Waals surface area contributed by atoms with Gasteiger partial charge < -0.3 is 26.4 Å². The van der Waals surface area contributed by atoms with E-state index in [0.29, 0.717) is 25.9 Å². The Morgan fingerprint density at radius 1 is 0.732 bits per heavy atom. The van der Waals surface area contributed by atoms with Gasteiger partial charge in [-0.2, -0.15) is 23.5 Å². The molecule has 0 bridgehead atoms. The summed E-state index contributed by atoms with van der Waals surface area (Å²) in [6, 6.07) is 0. The number of nitrogens with two attached hydrogens (primary N) is 1. The quantitative estimate of drug-likeness (QED) is 0.170. The van der Waals surface area contributed by atoms with E-state index in [2.05, 4.69) is 28.5 Å². The Kier molecular flexibility index (Phi) is 19.2. The molecule has 0 spiro atoms. The lowest BCUT2D eigenvalue weighted by molar-refractivity contribution is -0.124. The van der Waals surface area contributed by atoms with Gasteiger partial charge in [0.15, 0.2) is 0 Å². The fourth-order valence-corrected chi connectivity index (χ4v) is 6.61. The number of hydrogen-bond acceptors (Lipinski definition) is 7. The number of alkyl carbamates (subject to hydrolysis) is 1. The van der Waals surface area contributed by atoms with E-state index >= 15 is 0 Å². The molecule has 2 aliphatic carbocycles. The molecule has 2 fully saturated rings. The third-order valence-corrected chi connectivity index (χ3v) is 9.43. The molecule has 10 heteroatoms. The van der Waals surface area contributed by atoms with Gasteiger partial charge in [-0.3, -0.25) is 9.59 Å². The van der Waals surface area contributed by atoms with Crippen LogP contribution in [0.4, 0.5) is 4.79 Å².